The normalized spacial score (nSPS) is 15.6. The third-order valence-electron chi connectivity index (χ3n) is 4.57. The number of carbonyl (C=O) groups is 2. The van der Waals surface area contributed by atoms with Gasteiger partial charge in [-0.15, -0.1) is 10.2 Å². The van der Waals surface area contributed by atoms with E-state index < -0.39 is 17.2 Å². The molecule has 0 unspecified atom stereocenters. The van der Waals surface area contributed by atoms with Gasteiger partial charge in [0.2, 0.25) is 11.8 Å². The number of benzene rings is 1. The highest BCUT2D eigenvalue weighted by Gasteiger charge is 2.22. The third kappa shape index (κ3) is 5.48. The Labute approximate surface area is 167 Å². The van der Waals surface area contributed by atoms with E-state index >= 15 is 0 Å². The van der Waals surface area contributed by atoms with Crippen LogP contribution in [0.25, 0.3) is 11.5 Å². The van der Waals surface area contributed by atoms with Crippen molar-refractivity contribution < 1.29 is 18.7 Å². The summed E-state index contributed by atoms with van der Waals surface area (Å²) in [7, 11) is 1.60. The molecule has 1 aromatic carbocycles. The van der Waals surface area contributed by atoms with Gasteiger partial charge in [-0.25, -0.2) is 4.79 Å². The molecular formula is C19H24N4O4S. The van der Waals surface area contributed by atoms with E-state index in [9.17, 15) is 9.59 Å². The number of urea groups is 1. The minimum Gasteiger partial charge on any atom is -0.497 e. The highest BCUT2D eigenvalue weighted by Crippen LogP contribution is 2.27. The van der Waals surface area contributed by atoms with Crippen molar-refractivity contribution in [3.8, 4) is 17.2 Å². The number of ether oxygens (including phenoxy) is 1. The molecular weight excluding hydrogens is 380 g/mol. The molecule has 1 saturated carbocycles. The Morgan fingerprint density at radius 3 is 2.57 bits per heavy atom. The Morgan fingerprint density at radius 2 is 1.89 bits per heavy atom. The highest BCUT2D eigenvalue weighted by atomic mass is 32.2. The Morgan fingerprint density at radius 1 is 1.18 bits per heavy atom. The van der Waals surface area contributed by atoms with Crippen LogP contribution in [0.4, 0.5) is 4.79 Å². The van der Waals surface area contributed by atoms with E-state index in [-0.39, 0.29) is 11.3 Å². The maximum atomic E-state index is 12.3. The van der Waals surface area contributed by atoms with Crippen molar-refractivity contribution in [2.24, 2.45) is 0 Å². The summed E-state index contributed by atoms with van der Waals surface area (Å²) in [4.78, 5) is 24.3. The summed E-state index contributed by atoms with van der Waals surface area (Å²) in [6.07, 6.45) is 5.34. The van der Waals surface area contributed by atoms with E-state index in [1.807, 2.05) is 12.1 Å². The molecule has 150 valence electrons. The van der Waals surface area contributed by atoms with Gasteiger partial charge in [0.25, 0.3) is 5.22 Å². The maximum absolute atomic E-state index is 12.3. The minimum atomic E-state index is -0.554. The largest absolute Gasteiger partial charge is 0.497 e. The maximum Gasteiger partial charge on any atom is 0.321 e. The number of carbonyl (C=O) groups excluding carboxylic acids is 2. The monoisotopic (exact) mass is 404 g/mol. The fraction of sp³-hybridized carbons (Fsp3) is 0.474. The Hall–Kier alpha value is -2.55. The van der Waals surface area contributed by atoms with Crippen LogP contribution in [0.15, 0.2) is 33.9 Å². The lowest BCUT2D eigenvalue weighted by Crippen LogP contribution is -2.47. The molecule has 8 nitrogen and oxygen atoms in total. The third-order valence-corrected chi connectivity index (χ3v) is 5.50. The number of imide groups is 1. The van der Waals surface area contributed by atoms with E-state index in [0.29, 0.717) is 5.89 Å². The first kappa shape index (κ1) is 20.2. The zero-order valence-electron chi connectivity index (χ0n) is 15.9. The molecule has 1 aliphatic rings. The Balaban J connectivity index is 1.50. The number of methoxy groups -OCH3 is 1. The molecule has 1 atom stereocenters. The second-order valence-electron chi connectivity index (χ2n) is 6.66. The number of hydrogen-bond acceptors (Lipinski definition) is 7. The van der Waals surface area contributed by atoms with Crippen LogP contribution in [-0.4, -0.2) is 40.5 Å². The summed E-state index contributed by atoms with van der Waals surface area (Å²) < 4.78 is 10.7. The summed E-state index contributed by atoms with van der Waals surface area (Å²) >= 11 is 1.11. The van der Waals surface area contributed by atoms with Gasteiger partial charge in [-0.3, -0.25) is 10.1 Å². The first-order valence-corrected chi connectivity index (χ1v) is 10.2. The number of hydrogen-bond donors (Lipinski definition) is 2. The van der Waals surface area contributed by atoms with E-state index in [0.717, 1.165) is 48.8 Å². The van der Waals surface area contributed by atoms with Gasteiger partial charge in [-0.2, -0.15) is 0 Å². The zero-order chi connectivity index (χ0) is 19.9. The zero-order valence-corrected chi connectivity index (χ0v) is 16.8. The summed E-state index contributed by atoms with van der Waals surface area (Å²) in [6.45, 7) is 1.69. The first-order chi connectivity index (χ1) is 13.5. The van der Waals surface area contributed by atoms with Crippen LogP contribution in [0.2, 0.25) is 0 Å². The van der Waals surface area contributed by atoms with Crippen molar-refractivity contribution in [3.05, 3.63) is 24.3 Å². The van der Waals surface area contributed by atoms with Crippen molar-refractivity contribution in [1.29, 1.82) is 0 Å². The van der Waals surface area contributed by atoms with Crippen LogP contribution in [0.3, 0.4) is 0 Å². The van der Waals surface area contributed by atoms with Gasteiger partial charge in [-0.1, -0.05) is 31.0 Å². The molecule has 3 amide bonds. The van der Waals surface area contributed by atoms with E-state index in [2.05, 4.69) is 20.8 Å². The number of aromatic nitrogens is 2. The van der Waals surface area contributed by atoms with E-state index in [1.165, 1.54) is 6.42 Å². The minimum absolute atomic E-state index is 0.146. The van der Waals surface area contributed by atoms with Gasteiger partial charge in [-0.05, 0) is 44.0 Å². The van der Waals surface area contributed by atoms with Crippen LogP contribution in [0.1, 0.15) is 39.0 Å². The van der Waals surface area contributed by atoms with Gasteiger partial charge >= 0.3 is 6.03 Å². The van der Waals surface area contributed by atoms with Crippen molar-refractivity contribution in [3.63, 3.8) is 0 Å². The molecule has 0 saturated heterocycles. The van der Waals surface area contributed by atoms with Gasteiger partial charge in [0.1, 0.15) is 5.75 Å². The van der Waals surface area contributed by atoms with Gasteiger partial charge in [0.05, 0.1) is 12.4 Å². The molecule has 2 aromatic rings. The topological polar surface area (TPSA) is 106 Å². The average molecular weight is 404 g/mol. The van der Waals surface area contributed by atoms with Crippen LogP contribution in [-0.2, 0) is 4.79 Å². The molecule has 1 aromatic heterocycles. The van der Waals surface area contributed by atoms with Gasteiger partial charge < -0.3 is 14.5 Å². The summed E-state index contributed by atoms with van der Waals surface area (Å²) in [5, 5.41) is 12.9. The van der Waals surface area contributed by atoms with E-state index in [1.54, 1.807) is 26.2 Å². The van der Waals surface area contributed by atoms with Crippen molar-refractivity contribution >= 4 is 23.7 Å². The van der Waals surface area contributed by atoms with E-state index in [4.69, 9.17) is 9.15 Å². The smallest absolute Gasteiger partial charge is 0.321 e. The summed E-state index contributed by atoms with van der Waals surface area (Å²) in [6, 6.07) is 6.92. The average Bonchev–Trinajstić information content (AvgIpc) is 3.17. The number of amides is 3. The molecule has 0 bridgehead atoms. The van der Waals surface area contributed by atoms with Gasteiger partial charge in [0, 0.05) is 11.6 Å². The summed E-state index contributed by atoms with van der Waals surface area (Å²) in [5.41, 5.74) is 0.754. The molecule has 0 spiro atoms. The fourth-order valence-corrected chi connectivity index (χ4v) is 3.68. The summed E-state index contributed by atoms with van der Waals surface area (Å²) in [5.74, 6) is 0.685. The molecule has 1 fully saturated rings. The predicted octanol–water partition coefficient (Wildman–Crippen LogP) is 3.38. The Kier molecular flexibility index (Phi) is 6.91. The lowest BCUT2D eigenvalue weighted by atomic mass is 9.96. The lowest BCUT2D eigenvalue weighted by molar-refractivity contribution is -0.119. The number of thioether (sulfide) groups is 1. The standard InChI is InChI=1S/C19H24N4O4S/c1-12(16(24)21-18(25)20-14-6-4-3-5-7-14)28-19-23-22-17(27-19)13-8-10-15(26-2)11-9-13/h8-12,14H,3-7H2,1-2H3,(H2,20,21,24,25)/t12-/m1/s1. The quantitative estimate of drug-likeness (QED) is 0.711. The SMILES string of the molecule is COc1ccc(-c2nnc(S[C@H](C)C(=O)NC(=O)NC3CCCCC3)o2)cc1. The molecule has 1 heterocycles. The van der Waals surface area contributed by atoms with Crippen molar-refractivity contribution in [2.45, 2.75) is 55.5 Å². The predicted molar refractivity (Wildman–Crippen MR) is 105 cm³/mol. The first-order valence-electron chi connectivity index (χ1n) is 9.31. The molecule has 2 N–H and O–H groups in total. The number of nitrogens with one attached hydrogen (secondary N) is 2. The second kappa shape index (κ2) is 9.59. The molecule has 9 heteroatoms. The fourth-order valence-electron chi connectivity index (χ4n) is 2.99. The van der Waals surface area contributed by atoms with Crippen molar-refractivity contribution in [2.75, 3.05) is 7.11 Å². The molecule has 0 aliphatic heterocycles. The molecule has 3 rings (SSSR count). The molecule has 28 heavy (non-hydrogen) atoms. The van der Waals surface area contributed by atoms with Gasteiger partial charge in [0.15, 0.2) is 0 Å². The molecule has 1 aliphatic carbocycles. The van der Waals surface area contributed by atoms with Crippen LogP contribution in [0.5, 0.6) is 5.75 Å². The number of rotatable bonds is 6. The molecule has 0 radical (unpaired) electrons. The number of nitrogens with zero attached hydrogens (tertiary/aromatic N) is 2. The van der Waals surface area contributed by atoms with Crippen molar-refractivity contribution in [1.82, 2.24) is 20.8 Å². The Bertz CT molecular complexity index is 803. The second-order valence-corrected chi connectivity index (χ2v) is 7.95. The lowest BCUT2D eigenvalue weighted by Gasteiger charge is -2.22. The highest BCUT2D eigenvalue weighted by molar-refractivity contribution is 8.00. The van der Waals surface area contributed by atoms with Crippen LogP contribution in [0, 0.1) is 0 Å². The van der Waals surface area contributed by atoms with Crippen LogP contribution >= 0.6 is 11.8 Å². The van der Waals surface area contributed by atoms with Crippen LogP contribution < -0.4 is 15.4 Å².